The largest absolute Gasteiger partial charge is 0.340 e. The molecule has 0 unspecified atom stereocenters. The molecule has 1 saturated heterocycles. The van der Waals surface area contributed by atoms with Gasteiger partial charge in [-0.1, -0.05) is 50.1 Å². The average Bonchev–Trinajstić information content (AvgIpc) is 3.18. The van der Waals surface area contributed by atoms with Gasteiger partial charge in [0.25, 0.3) is 5.56 Å². The third-order valence-electron chi connectivity index (χ3n) is 6.19. The summed E-state index contributed by atoms with van der Waals surface area (Å²) in [4.78, 5) is 36.8. The third kappa shape index (κ3) is 4.58. The number of piperazine rings is 1. The number of imidazole rings is 1. The maximum atomic E-state index is 12.7. The minimum atomic E-state index is -0.433. The van der Waals surface area contributed by atoms with E-state index in [2.05, 4.69) is 33.8 Å². The lowest BCUT2D eigenvalue weighted by Crippen LogP contribution is -2.47. The van der Waals surface area contributed by atoms with Gasteiger partial charge in [-0.15, -0.1) is 0 Å². The van der Waals surface area contributed by atoms with E-state index in [0.717, 1.165) is 45.1 Å². The van der Waals surface area contributed by atoms with Crippen LogP contribution in [0.4, 0.5) is 5.95 Å². The van der Waals surface area contributed by atoms with Crippen molar-refractivity contribution < 1.29 is 0 Å². The molecule has 1 aliphatic rings. The van der Waals surface area contributed by atoms with Crippen LogP contribution < -0.4 is 16.1 Å². The van der Waals surface area contributed by atoms with E-state index in [1.54, 1.807) is 7.05 Å². The number of hydrogen-bond acceptors (Lipinski definition) is 5. The van der Waals surface area contributed by atoms with E-state index in [1.165, 1.54) is 29.4 Å². The summed E-state index contributed by atoms with van der Waals surface area (Å²) < 4.78 is 3.42. The van der Waals surface area contributed by atoms with Crippen molar-refractivity contribution in [2.75, 3.05) is 37.6 Å². The van der Waals surface area contributed by atoms with Gasteiger partial charge in [-0.3, -0.25) is 19.2 Å². The first-order valence-electron chi connectivity index (χ1n) is 11.3. The van der Waals surface area contributed by atoms with Crippen LogP contribution >= 0.6 is 0 Å². The standard InChI is InChI=1S/C23H32N6O2/c1-3-4-8-12-27-14-16-28(17-15-27)22-24-20-19(21(30)25-23(31)26(20)2)29(22)13-11-18-9-6-5-7-10-18/h5-7,9-10H,3-4,8,11-17H2,1-2H3,(H,25,30,31). The van der Waals surface area contributed by atoms with Crippen LogP contribution in [-0.4, -0.2) is 56.7 Å². The van der Waals surface area contributed by atoms with E-state index in [0.29, 0.717) is 17.7 Å². The van der Waals surface area contributed by atoms with Gasteiger partial charge in [0, 0.05) is 39.8 Å². The minimum absolute atomic E-state index is 0.372. The molecule has 8 heteroatoms. The van der Waals surface area contributed by atoms with Crippen LogP contribution in [0.5, 0.6) is 0 Å². The summed E-state index contributed by atoms with van der Waals surface area (Å²) in [6.45, 7) is 7.71. The van der Waals surface area contributed by atoms with Gasteiger partial charge in [0.15, 0.2) is 11.2 Å². The Morgan fingerprint density at radius 3 is 2.45 bits per heavy atom. The Bertz CT molecular complexity index is 1120. The quantitative estimate of drug-likeness (QED) is 0.560. The second-order valence-electron chi connectivity index (χ2n) is 8.33. The lowest BCUT2D eigenvalue weighted by Gasteiger charge is -2.35. The Hall–Kier alpha value is -2.87. The van der Waals surface area contributed by atoms with Gasteiger partial charge >= 0.3 is 5.69 Å². The molecule has 3 heterocycles. The molecule has 0 bridgehead atoms. The van der Waals surface area contributed by atoms with Crippen LogP contribution in [0, 0.1) is 0 Å². The number of unbranched alkanes of at least 4 members (excludes halogenated alkanes) is 2. The van der Waals surface area contributed by atoms with E-state index in [9.17, 15) is 9.59 Å². The predicted molar refractivity (Wildman–Crippen MR) is 124 cm³/mol. The number of benzene rings is 1. The van der Waals surface area contributed by atoms with Crippen LogP contribution in [0.25, 0.3) is 11.2 Å². The molecule has 3 aromatic rings. The SMILES string of the molecule is CCCCCN1CCN(c2nc3c(c(=O)[nH]c(=O)n3C)n2CCc2ccccc2)CC1. The van der Waals surface area contributed by atoms with Gasteiger partial charge in [0.2, 0.25) is 5.95 Å². The monoisotopic (exact) mass is 424 g/mol. The number of nitrogens with zero attached hydrogens (tertiary/aromatic N) is 5. The van der Waals surface area contributed by atoms with E-state index in [1.807, 2.05) is 22.8 Å². The van der Waals surface area contributed by atoms with Gasteiger partial charge in [0.1, 0.15) is 0 Å². The number of aromatic nitrogens is 4. The summed E-state index contributed by atoms with van der Waals surface area (Å²) in [6.07, 6.45) is 4.53. The van der Waals surface area contributed by atoms with Crippen molar-refractivity contribution in [3.8, 4) is 0 Å². The van der Waals surface area contributed by atoms with Crippen molar-refractivity contribution in [2.24, 2.45) is 7.05 Å². The molecule has 2 aromatic heterocycles. The highest BCUT2D eigenvalue weighted by Gasteiger charge is 2.24. The fraction of sp³-hybridized carbons (Fsp3) is 0.522. The maximum Gasteiger partial charge on any atom is 0.329 e. The average molecular weight is 425 g/mol. The lowest BCUT2D eigenvalue weighted by atomic mass is 10.1. The van der Waals surface area contributed by atoms with Crippen LogP contribution in [0.15, 0.2) is 39.9 Å². The first-order chi connectivity index (χ1) is 15.1. The first-order valence-corrected chi connectivity index (χ1v) is 11.3. The second-order valence-corrected chi connectivity index (χ2v) is 8.33. The number of aryl methyl sites for hydroxylation is 3. The number of rotatable bonds is 8. The topological polar surface area (TPSA) is 79.2 Å². The van der Waals surface area contributed by atoms with Gasteiger partial charge in [-0.2, -0.15) is 4.98 Å². The molecular formula is C23H32N6O2. The van der Waals surface area contributed by atoms with E-state index < -0.39 is 5.69 Å². The molecule has 1 aliphatic heterocycles. The zero-order chi connectivity index (χ0) is 21.8. The Balaban J connectivity index is 1.63. The van der Waals surface area contributed by atoms with Crippen LogP contribution in [0.3, 0.4) is 0 Å². The van der Waals surface area contributed by atoms with Crippen molar-refractivity contribution in [1.82, 2.24) is 24.0 Å². The molecule has 8 nitrogen and oxygen atoms in total. The number of fused-ring (bicyclic) bond motifs is 1. The highest BCUT2D eigenvalue weighted by atomic mass is 16.2. The molecule has 1 aromatic carbocycles. The van der Waals surface area contributed by atoms with Crippen molar-refractivity contribution >= 4 is 17.1 Å². The molecule has 166 valence electrons. The molecule has 4 rings (SSSR count). The third-order valence-corrected chi connectivity index (χ3v) is 6.19. The zero-order valence-electron chi connectivity index (χ0n) is 18.5. The summed E-state index contributed by atoms with van der Waals surface area (Å²) in [5.41, 5.74) is 1.32. The number of anilines is 1. The summed E-state index contributed by atoms with van der Waals surface area (Å²) in [5.74, 6) is 0.783. The Kier molecular flexibility index (Phi) is 6.56. The molecule has 0 amide bonds. The smallest absolute Gasteiger partial charge is 0.329 e. The molecule has 1 N–H and O–H groups in total. The summed E-state index contributed by atoms with van der Waals surface area (Å²) in [5, 5.41) is 0. The van der Waals surface area contributed by atoms with Crippen molar-refractivity contribution in [3.05, 3.63) is 56.7 Å². The van der Waals surface area contributed by atoms with Gasteiger partial charge in [-0.05, 0) is 24.9 Å². The Morgan fingerprint density at radius 1 is 1.00 bits per heavy atom. The molecule has 0 spiro atoms. The minimum Gasteiger partial charge on any atom is -0.340 e. The van der Waals surface area contributed by atoms with Crippen LogP contribution in [-0.2, 0) is 20.0 Å². The Labute approximate surface area is 182 Å². The number of H-pyrrole nitrogens is 1. The lowest BCUT2D eigenvalue weighted by molar-refractivity contribution is 0.251. The fourth-order valence-corrected chi connectivity index (χ4v) is 4.32. The van der Waals surface area contributed by atoms with Crippen LogP contribution in [0.1, 0.15) is 31.7 Å². The molecule has 31 heavy (non-hydrogen) atoms. The van der Waals surface area contributed by atoms with Crippen molar-refractivity contribution in [2.45, 2.75) is 39.2 Å². The van der Waals surface area contributed by atoms with E-state index in [4.69, 9.17) is 4.98 Å². The molecule has 1 fully saturated rings. The second kappa shape index (κ2) is 9.51. The summed E-state index contributed by atoms with van der Waals surface area (Å²) in [6, 6.07) is 10.2. The predicted octanol–water partition coefficient (Wildman–Crippen LogP) is 1.98. The first kappa shape index (κ1) is 21.4. The van der Waals surface area contributed by atoms with Gasteiger partial charge < -0.3 is 9.47 Å². The normalized spacial score (nSPS) is 15.1. The Morgan fingerprint density at radius 2 is 1.74 bits per heavy atom. The number of nitrogens with one attached hydrogen (secondary N) is 1. The van der Waals surface area contributed by atoms with Crippen molar-refractivity contribution in [3.63, 3.8) is 0 Å². The van der Waals surface area contributed by atoms with E-state index >= 15 is 0 Å². The van der Waals surface area contributed by atoms with Gasteiger partial charge in [-0.25, -0.2) is 4.79 Å². The highest BCUT2D eigenvalue weighted by molar-refractivity contribution is 5.74. The summed E-state index contributed by atoms with van der Waals surface area (Å²) in [7, 11) is 1.66. The highest BCUT2D eigenvalue weighted by Crippen LogP contribution is 2.22. The zero-order valence-corrected chi connectivity index (χ0v) is 18.5. The molecule has 0 aliphatic carbocycles. The number of aromatic amines is 1. The summed E-state index contributed by atoms with van der Waals surface area (Å²) >= 11 is 0. The fourth-order valence-electron chi connectivity index (χ4n) is 4.32. The molecule has 0 saturated carbocycles. The molecule has 0 atom stereocenters. The molecular weight excluding hydrogens is 392 g/mol. The van der Waals surface area contributed by atoms with Gasteiger partial charge in [0.05, 0.1) is 0 Å². The van der Waals surface area contributed by atoms with Crippen LogP contribution in [0.2, 0.25) is 0 Å². The van der Waals surface area contributed by atoms with E-state index in [-0.39, 0.29) is 5.56 Å². The molecule has 0 radical (unpaired) electrons. The van der Waals surface area contributed by atoms with Crippen molar-refractivity contribution in [1.29, 1.82) is 0 Å². The number of hydrogen-bond donors (Lipinski definition) is 1. The maximum absolute atomic E-state index is 12.7.